The third kappa shape index (κ3) is 2.84. The average Bonchev–Trinajstić information content (AvgIpc) is 2.75. The second-order valence-corrected chi connectivity index (χ2v) is 4.45. The van der Waals surface area contributed by atoms with Gasteiger partial charge in [0.25, 0.3) is 0 Å². The van der Waals surface area contributed by atoms with Gasteiger partial charge in [-0.25, -0.2) is 4.68 Å². The fraction of sp³-hybridized carbons (Fsp3) is 0.308. The van der Waals surface area contributed by atoms with Crippen LogP contribution in [0.4, 0.5) is 0 Å². The molecule has 0 atom stereocenters. The molecule has 19 heavy (non-hydrogen) atoms. The third-order valence-corrected chi connectivity index (χ3v) is 3.12. The predicted molar refractivity (Wildman–Crippen MR) is 74.5 cm³/mol. The number of hydrogen-bond donors (Lipinski definition) is 0. The summed E-state index contributed by atoms with van der Waals surface area (Å²) in [6.07, 6.45) is 0. The first kappa shape index (κ1) is 13.7. The Kier molecular flexibility index (Phi) is 4.31. The molecule has 6 heteroatoms. The van der Waals surface area contributed by atoms with Crippen LogP contribution in [-0.4, -0.2) is 33.5 Å². The molecule has 100 valence electrons. The van der Waals surface area contributed by atoms with Gasteiger partial charge in [-0.05, 0) is 13.0 Å². The molecule has 0 saturated carbocycles. The normalized spacial score (nSPS) is 10.6. The summed E-state index contributed by atoms with van der Waals surface area (Å²) in [5.41, 5.74) is 1.12. The lowest BCUT2D eigenvalue weighted by Crippen LogP contribution is -2.19. The van der Waals surface area contributed by atoms with Gasteiger partial charge in [-0.1, -0.05) is 34.1 Å². The topological polar surface area (TPSA) is 61.2 Å². The van der Waals surface area contributed by atoms with E-state index in [4.69, 9.17) is 4.74 Å². The van der Waals surface area contributed by atoms with Crippen molar-refractivity contribution >= 4 is 38.6 Å². The highest BCUT2D eigenvalue weighted by Gasteiger charge is 2.19. The zero-order valence-corrected chi connectivity index (χ0v) is 12.0. The molecule has 1 heterocycles. The van der Waals surface area contributed by atoms with Crippen LogP contribution in [0.25, 0.3) is 10.9 Å². The van der Waals surface area contributed by atoms with Crippen LogP contribution in [0.3, 0.4) is 0 Å². The molecule has 0 saturated heterocycles. The Bertz CT molecular complexity index is 621. The Balaban J connectivity index is 2.47. The van der Waals surface area contributed by atoms with Crippen molar-refractivity contribution in [2.75, 3.05) is 11.9 Å². The van der Waals surface area contributed by atoms with Crippen molar-refractivity contribution in [3.8, 4) is 0 Å². The fourth-order valence-electron chi connectivity index (χ4n) is 1.88. The van der Waals surface area contributed by atoms with Gasteiger partial charge in [-0.3, -0.25) is 9.59 Å². The van der Waals surface area contributed by atoms with Crippen molar-refractivity contribution in [1.82, 2.24) is 9.78 Å². The van der Waals surface area contributed by atoms with Crippen LogP contribution in [0.2, 0.25) is 0 Å². The lowest BCUT2D eigenvalue weighted by atomic mass is 10.1. The number of carbonyl (C=O) groups excluding carboxylic acids is 2. The van der Waals surface area contributed by atoms with Gasteiger partial charge in [0, 0.05) is 5.39 Å². The number of Topliss-reactive ketones (excluding diaryl/α,β-unsaturated/α-hetero) is 1. The number of esters is 1. The van der Waals surface area contributed by atoms with Crippen LogP contribution < -0.4 is 0 Å². The molecule has 0 aliphatic rings. The van der Waals surface area contributed by atoms with Crippen molar-refractivity contribution < 1.29 is 14.3 Å². The minimum atomic E-state index is -0.404. The summed E-state index contributed by atoms with van der Waals surface area (Å²) in [4.78, 5) is 23.5. The zero-order valence-electron chi connectivity index (χ0n) is 10.4. The highest BCUT2D eigenvalue weighted by Crippen LogP contribution is 2.19. The quantitative estimate of drug-likeness (QED) is 0.480. The summed E-state index contributed by atoms with van der Waals surface area (Å²) >= 11 is 3.15. The number of nitrogens with zero attached hydrogens (tertiary/aromatic N) is 2. The first-order chi connectivity index (χ1) is 9.17. The standard InChI is InChI=1S/C13H13BrN2O3/c1-2-19-12(18)8-16-13(11(17)7-14)9-5-3-4-6-10(9)15-16/h3-6H,2,7-8H2,1H3. The first-order valence-corrected chi connectivity index (χ1v) is 6.99. The molecule has 2 rings (SSSR count). The largest absolute Gasteiger partial charge is 0.465 e. The molecule has 1 aromatic carbocycles. The van der Waals surface area contributed by atoms with Gasteiger partial charge in [0.2, 0.25) is 0 Å². The summed E-state index contributed by atoms with van der Waals surface area (Å²) in [5.74, 6) is -0.517. The highest BCUT2D eigenvalue weighted by atomic mass is 79.9. The summed E-state index contributed by atoms with van der Waals surface area (Å²) in [6.45, 7) is 1.99. The van der Waals surface area contributed by atoms with Gasteiger partial charge in [-0.15, -0.1) is 0 Å². The van der Waals surface area contributed by atoms with Crippen molar-refractivity contribution in [2.45, 2.75) is 13.5 Å². The fourth-order valence-corrected chi connectivity index (χ4v) is 2.15. The molecule has 0 spiro atoms. The van der Waals surface area contributed by atoms with Gasteiger partial charge >= 0.3 is 5.97 Å². The van der Waals surface area contributed by atoms with E-state index in [1.54, 1.807) is 6.92 Å². The molecular weight excluding hydrogens is 312 g/mol. The number of ketones is 1. The SMILES string of the molecule is CCOC(=O)Cn1nc2ccccc2c1C(=O)CBr. The van der Waals surface area contributed by atoms with Crippen molar-refractivity contribution in [3.05, 3.63) is 30.0 Å². The van der Waals surface area contributed by atoms with Crippen LogP contribution in [0, 0.1) is 0 Å². The Labute approximate surface area is 118 Å². The van der Waals surface area contributed by atoms with Crippen LogP contribution in [0.15, 0.2) is 24.3 Å². The van der Waals surface area contributed by atoms with Gasteiger partial charge in [-0.2, -0.15) is 5.10 Å². The van der Waals surface area contributed by atoms with E-state index in [2.05, 4.69) is 21.0 Å². The smallest absolute Gasteiger partial charge is 0.327 e. The lowest BCUT2D eigenvalue weighted by Gasteiger charge is -2.05. The van der Waals surface area contributed by atoms with Crippen molar-refractivity contribution in [3.63, 3.8) is 0 Å². The third-order valence-electron chi connectivity index (χ3n) is 2.62. The van der Waals surface area contributed by atoms with E-state index in [9.17, 15) is 9.59 Å². The molecule has 0 radical (unpaired) electrons. The van der Waals surface area contributed by atoms with Crippen LogP contribution in [0.5, 0.6) is 0 Å². The molecule has 0 N–H and O–H groups in total. The second-order valence-electron chi connectivity index (χ2n) is 3.89. The number of hydrogen-bond acceptors (Lipinski definition) is 4. The number of carbonyl (C=O) groups is 2. The van der Waals surface area contributed by atoms with Gasteiger partial charge < -0.3 is 4.74 Å². The van der Waals surface area contributed by atoms with E-state index >= 15 is 0 Å². The van der Waals surface area contributed by atoms with E-state index in [-0.39, 0.29) is 17.7 Å². The Morgan fingerprint density at radius 3 is 2.79 bits per heavy atom. The number of halogens is 1. The van der Waals surface area contributed by atoms with Crippen LogP contribution in [0.1, 0.15) is 17.4 Å². The molecule has 0 amide bonds. The van der Waals surface area contributed by atoms with E-state index in [1.165, 1.54) is 4.68 Å². The maximum absolute atomic E-state index is 12.0. The summed E-state index contributed by atoms with van der Waals surface area (Å²) in [6, 6.07) is 7.30. The first-order valence-electron chi connectivity index (χ1n) is 5.87. The number of benzene rings is 1. The number of rotatable bonds is 5. The minimum Gasteiger partial charge on any atom is -0.465 e. The molecule has 5 nitrogen and oxygen atoms in total. The Morgan fingerprint density at radius 1 is 1.37 bits per heavy atom. The van der Waals surface area contributed by atoms with Gasteiger partial charge in [0.15, 0.2) is 5.78 Å². The van der Waals surface area contributed by atoms with Crippen molar-refractivity contribution in [2.24, 2.45) is 0 Å². The van der Waals surface area contributed by atoms with E-state index in [0.29, 0.717) is 17.8 Å². The number of alkyl halides is 1. The van der Waals surface area contributed by atoms with E-state index in [1.807, 2.05) is 24.3 Å². The Hall–Kier alpha value is -1.69. The molecule has 0 unspecified atom stereocenters. The average molecular weight is 325 g/mol. The molecule has 0 fully saturated rings. The molecule has 0 bridgehead atoms. The number of ether oxygens (including phenoxy) is 1. The second kappa shape index (κ2) is 5.97. The number of fused-ring (bicyclic) bond motifs is 1. The predicted octanol–water partition coefficient (Wildman–Crippen LogP) is 2.18. The summed E-state index contributed by atoms with van der Waals surface area (Å²) in [7, 11) is 0. The van der Waals surface area contributed by atoms with Gasteiger partial charge in [0.1, 0.15) is 12.2 Å². The van der Waals surface area contributed by atoms with Crippen LogP contribution in [-0.2, 0) is 16.1 Å². The molecule has 0 aliphatic carbocycles. The molecule has 0 aliphatic heterocycles. The van der Waals surface area contributed by atoms with Crippen molar-refractivity contribution in [1.29, 1.82) is 0 Å². The molecule has 1 aromatic heterocycles. The summed E-state index contributed by atoms with van der Waals surface area (Å²) < 4.78 is 6.30. The maximum atomic E-state index is 12.0. The zero-order chi connectivity index (χ0) is 13.8. The lowest BCUT2D eigenvalue weighted by molar-refractivity contribution is -0.144. The van der Waals surface area contributed by atoms with E-state index in [0.717, 1.165) is 5.39 Å². The maximum Gasteiger partial charge on any atom is 0.327 e. The Morgan fingerprint density at radius 2 is 2.11 bits per heavy atom. The summed E-state index contributed by atoms with van der Waals surface area (Å²) in [5, 5.41) is 5.21. The van der Waals surface area contributed by atoms with E-state index < -0.39 is 5.97 Å². The monoisotopic (exact) mass is 324 g/mol. The molecule has 2 aromatic rings. The highest BCUT2D eigenvalue weighted by molar-refractivity contribution is 9.09. The number of aromatic nitrogens is 2. The minimum absolute atomic E-state index is 0.0589. The molecular formula is C13H13BrN2O3. The van der Waals surface area contributed by atoms with Crippen LogP contribution >= 0.6 is 15.9 Å². The van der Waals surface area contributed by atoms with Gasteiger partial charge in [0.05, 0.1) is 17.5 Å².